The lowest BCUT2D eigenvalue weighted by atomic mass is 9.88. The second-order valence-corrected chi connectivity index (χ2v) is 7.12. The van der Waals surface area contributed by atoms with Crippen LogP contribution < -0.4 is 10.9 Å². The Balaban J connectivity index is 1.94. The van der Waals surface area contributed by atoms with E-state index in [-0.39, 0.29) is 5.91 Å². The van der Waals surface area contributed by atoms with E-state index in [0.717, 1.165) is 17.7 Å². The minimum Gasteiger partial charge on any atom is -0.302 e. The molecule has 1 heterocycles. The van der Waals surface area contributed by atoms with Crippen LogP contribution >= 0.6 is 0 Å². The van der Waals surface area contributed by atoms with Crippen LogP contribution in [0.25, 0.3) is 16.8 Å². The lowest BCUT2D eigenvalue weighted by Crippen LogP contribution is -2.28. The molecule has 2 N–H and O–H groups in total. The van der Waals surface area contributed by atoms with Gasteiger partial charge in [-0.2, -0.15) is 0 Å². The van der Waals surface area contributed by atoms with E-state index in [1.807, 2.05) is 13.8 Å². The maximum atomic E-state index is 11.9. The molecule has 3 heteroatoms. The minimum absolute atomic E-state index is 0.00666. The van der Waals surface area contributed by atoms with Gasteiger partial charge >= 0.3 is 0 Å². The first-order valence-corrected chi connectivity index (χ1v) is 8.82. The van der Waals surface area contributed by atoms with Crippen LogP contribution in [-0.4, -0.2) is 5.91 Å². The molecular weight excluding hydrogens is 296 g/mol. The molecule has 0 saturated carbocycles. The van der Waals surface area contributed by atoms with Crippen molar-refractivity contribution in [3.8, 4) is 0 Å². The molecule has 0 aliphatic carbocycles. The molecule has 0 atom stereocenters. The SMILES string of the molecule is CCCCCc1ccc2c(/C=C3\NNC(=O)C3(C)C)cccc2c1. The van der Waals surface area contributed by atoms with E-state index in [1.54, 1.807) is 0 Å². The summed E-state index contributed by atoms with van der Waals surface area (Å²) in [4.78, 5) is 11.9. The molecule has 0 spiro atoms. The summed E-state index contributed by atoms with van der Waals surface area (Å²) in [5.74, 6) is 0.00666. The summed E-state index contributed by atoms with van der Waals surface area (Å²) in [6.07, 6.45) is 7.00. The third-order valence-corrected chi connectivity index (χ3v) is 4.90. The van der Waals surface area contributed by atoms with E-state index in [9.17, 15) is 4.79 Å². The van der Waals surface area contributed by atoms with Gasteiger partial charge in [0.05, 0.1) is 5.41 Å². The molecule has 3 nitrogen and oxygen atoms in total. The first-order valence-electron chi connectivity index (χ1n) is 8.82. The normalized spacial score (nSPS) is 18.0. The summed E-state index contributed by atoms with van der Waals surface area (Å²) in [6, 6.07) is 13.1. The van der Waals surface area contributed by atoms with Crippen molar-refractivity contribution >= 4 is 22.8 Å². The molecule has 0 unspecified atom stereocenters. The standard InChI is InChI=1S/C21H26N2O/c1-4-5-6-8-15-11-12-18-16(13-15)9-7-10-17(18)14-19-21(2,3)20(24)23-22-19/h7,9-14,22H,4-6,8H2,1-3H3,(H,23,24)/b19-14-. The van der Waals surface area contributed by atoms with Gasteiger partial charge in [-0.05, 0) is 54.7 Å². The van der Waals surface area contributed by atoms with Crippen LogP contribution in [-0.2, 0) is 11.2 Å². The van der Waals surface area contributed by atoms with Crippen molar-refractivity contribution in [3.05, 3.63) is 53.2 Å². The van der Waals surface area contributed by atoms with Crippen molar-refractivity contribution in [1.29, 1.82) is 0 Å². The Kier molecular flexibility index (Phi) is 4.61. The van der Waals surface area contributed by atoms with Gasteiger partial charge in [0.1, 0.15) is 0 Å². The average Bonchev–Trinajstić information content (AvgIpc) is 2.82. The largest absolute Gasteiger partial charge is 0.302 e. The Morgan fingerprint density at radius 2 is 1.92 bits per heavy atom. The van der Waals surface area contributed by atoms with E-state index in [4.69, 9.17) is 0 Å². The maximum absolute atomic E-state index is 11.9. The summed E-state index contributed by atoms with van der Waals surface area (Å²) in [7, 11) is 0. The predicted octanol–water partition coefficient (Wildman–Crippen LogP) is 4.57. The van der Waals surface area contributed by atoms with Gasteiger partial charge in [0.2, 0.25) is 5.91 Å². The lowest BCUT2D eigenvalue weighted by Gasteiger charge is -2.15. The summed E-state index contributed by atoms with van der Waals surface area (Å²) in [5, 5.41) is 2.48. The van der Waals surface area contributed by atoms with Gasteiger partial charge in [0.25, 0.3) is 0 Å². The molecule has 2 aromatic rings. The average molecular weight is 322 g/mol. The van der Waals surface area contributed by atoms with Gasteiger partial charge in [0, 0.05) is 5.70 Å². The third kappa shape index (κ3) is 3.16. The monoisotopic (exact) mass is 322 g/mol. The van der Waals surface area contributed by atoms with Crippen molar-refractivity contribution in [2.45, 2.75) is 46.5 Å². The minimum atomic E-state index is -0.526. The zero-order chi connectivity index (χ0) is 17.2. The summed E-state index contributed by atoms with van der Waals surface area (Å²) >= 11 is 0. The van der Waals surface area contributed by atoms with E-state index >= 15 is 0 Å². The highest BCUT2D eigenvalue weighted by atomic mass is 16.2. The van der Waals surface area contributed by atoms with Crippen molar-refractivity contribution in [2.24, 2.45) is 5.41 Å². The van der Waals surface area contributed by atoms with Crippen LogP contribution in [0.15, 0.2) is 42.1 Å². The number of carbonyl (C=O) groups is 1. The van der Waals surface area contributed by atoms with Crippen LogP contribution in [0, 0.1) is 5.41 Å². The van der Waals surface area contributed by atoms with Gasteiger partial charge in [-0.1, -0.05) is 56.2 Å². The number of nitrogens with one attached hydrogen (secondary N) is 2. The van der Waals surface area contributed by atoms with Crippen LogP contribution in [0.4, 0.5) is 0 Å². The molecule has 1 fully saturated rings. The molecule has 0 aromatic heterocycles. The number of carbonyl (C=O) groups excluding carboxylic acids is 1. The van der Waals surface area contributed by atoms with E-state index < -0.39 is 5.41 Å². The van der Waals surface area contributed by atoms with Crippen LogP contribution in [0.2, 0.25) is 0 Å². The fraction of sp³-hybridized carbons (Fsp3) is 0.381. The van der Waals surface area contributed by atoms with E-state index in [1.165, 1.54) is 35.6 Å². The summed E-state index contributed by atoms with van der Waals surface area (Å²) in [5.41, 5.74) is 8.65. The molecular formula is C21H26N2O. The summed E-state index contributed by atoms with van der Waals surface area (Å²) < 4.78 is 0. The highest BCUT2D eigenvalue weighted by Crippen LogP contribution is 2.31. The number of unbranched alkanes of at least 4 members (excludes halogenated alkanes) is 2. The number of benzene rings is 2. The number of hydrogen-bond acceptors (Lipinski definition) is 2. The van der Waals surface area contributed by atoms with Gasteiger partial charge < -0.3 is 5.43 Å². The Hall–Kier alpha value is -2.29. The van der Waals surface area contributed by atoms with Gasteiger partial charge in [-0.3, -0.25) is 10.2 Å². The zero-order valence-corrected chi connectivity index (χ0v) is 14.8. The molecule has 24 heavy (non-hydrogen) atoms. The Morgan fingerprint density at radius 1 is 1.08 bits per heavy atom. The molecule has 0 bridgehead atoms. The molecule has 1 amide bonds. The van der Waals surface area contributed by atoms with Gasteiger partial charge in [-0.15, -0.1) is 0 Å². The zero-order valence-electron chi connectivity index (χ0n) is 14.8. The maximum Gasteiger partial charge on any atom is 0.249 e. The van der Waals surface area contributed by atoms with Crippen molar-refractivity contribution in [2.75, 3.05) is 0 Å². The number of hydrogen-bond donors (Lipinski definition) is 2. The molecule has 3 rings (SSSR count). The molecule has 1 aliphatic heterocycles. The predicted molar refractivity (Wildman–Crippen MR) is 100 cm³/mol. The van der Waals surface area contributed by atoms with Crippen LogP contribution in [0.3, 0.4) is 0 Å². The number of rotatable bonds is 5. The summed E-state index contributed by atoms with van der Waals surface area (Å²) in [6.45, 7) is 6.11. The van der Waals surface area contributed by atoms with Gasteiger partial charge in [-0.25, -0.2) is 0 Å². The fourth-order valence-electron chi connectivity index (χ4n) is 3.15. The number of aryl methyl sites for hydroxylation is 1. The molecule has 0 radical (unpaired) electrons. The van der Waals surface area contributed by atoms with E-state index in [2.05, 4.69) is 60.2 Å². The molecule has 1 saturated heterocycles. The van der Waals surface area contributed by atoms with E-state index in [0.29, 0.717) is 0 Å². The number of hydrazine groups is 1. The quantitative estimate of drug-likeness (QED) is 0.792. The highest BCUT2D eigenvalue weighted by molar-refractivity contribution is 5.94. The number of fused-ring (bicyclic) bond motifs is 1. The Bertz CT molecular complexity index is 790. The lowest BCUT2D eigenvalue weighted by molar-refractivity contribution is -0.125. The fourth-order valence-corrected chi connectivity index (χ4v) is 3.15. The molecule has 1 aliphatic rings. The second kappa shape index (κ2) is 6.68. The first kappa shape index (κ1) is 16.6. The molecule has 2 aromatic carbocycles. The first-order chi connectivity index (χ1) is 11.5. The van der Waals surface area contributed by atoms with Gasteiger partial charge in [0.15, 0.2) is 0 Å². The molecule has 126 valence electrons. The third-order valence-electron chi connectivity index (χ3n) is 4.90. The van der Waals surface area contributed by atoms with Crippen LogP contribution in [0.1, 0.15) is 51.2 Å². The second-order valence-electron chi connectivity index (χ2n) is 7.12. The number of amides is 1. The van der Waals surface area contributed by atoms with Crippen molar-refractivity contribution in [1.82, 2.24) is 10.9 Å². The smallest absolute Gasteiger partial charge is 0.249 e. The topological polar surface area (TPSA) is 41.1 Å². The Morgan fingerprint density at radius 3 is 2.62 bits per heavy atom. The highest BCUT2D eigenvalue weighted by Gasteiger charge is 2.37. The Labute approximate surface area is 144 Å². The van der Waals surface area contributed by atoms with Crippen molar-refractivity contribution in [3.63, 3.8) is 0 Å². The van der Waals surface area contributed by atoms with Crippen molar-refractivity contribution < 1.29 is 4.79 Å². The van der Waals surface area contributed by atoms with Crippen LogP contribution in [0.5, 0.6) is 0 Å².